The van der Waals surface area contributed by atoms with Crippen molar-refractivity contribution in [2.45, 2.75) is 20.1 Å². The van der Waals surface area contributed by atoms with E-state index in [4.69, 9.17) is 21.1 Å². The number of amides is 1. The SMILES string of the molecule is CCOc1c(Cl)cc(/C=C/C(=O)NCc2cccc(OC(F)F)c2)cc1OC. The molecule has 0 aliphatic carbocycles. The van der Waals surface area contributed by atoms with Crippen LogP contribution >= 0.6 is 11.6 Å². The lowest BCUT2D eigenvalue weighted by Crippen LogP contribution is -2.20. The Morgan fingerprint density at radius 2 is 2.07 bits per heavy atom. The van der Waals surface area contributed by atoms with Crippen LogP contribution in [-0.2, 0) is 11.3 Å². The predicted molar refractivity (Wildman–Crippen MR) is 103 cm³/mol. The van der Waals surface area contributed by atoms with Gasteiger partial charge >= 0.3 is 6.61 Å². The summed E-state index contributed by atoms with van der Waals surface area (Å²) in [5.74, 6) is 0.585. The Morgan fingerprint density at radius 1 is 1.29 bits per heavy atom. The van der Waals surface area contributed by atoms with Crippen molar-refractivity contribution >= 4 is 23.6 Å². The lowest BCUT2D eigenvalue weighted by atomic mass is 10.1. The van der Waals surface area contributed by atoms with Gasteiger partial charge < -0.3 is 19.5 Å². The van der Waals surface area contributed by atoms with E-state index in [0.29, 0.717) is 34.3 Å². The summed E-state index contributed by atoms with van der Waals surface area (Å²) in [6.45, 7) is -0.456. The Labute approximate surface area is 166 Å². The molecule has 0 saturated heterocycles. The largest absolute Gasteiger partial charge is 0.493 e. The Morgan fingerprint density at radius 3 is 2.75 bits per heavy atom. The zero-order valence-electron chi connectivity index (χ0n) is 15.4. The van der Waals surface area contributed by atoms with Gasteiger partial charge in [0.25, 0.3) is 0 Å². The van der Waals surface area contributed by atoms with Gasteiger partial charge in [0.1, 0.15) is 5.75 Å². The van der Waals surface area contributed by atoms with Gasteiger partial charge in [-0.1, -0.05) is 23.7 Å². The Balaban J connectivity index is 1.99. The Bertz CT molecular complexity index is 843. The number of hydrogen-bond donors (Lipinski definition) is 1. The number of ether oxygens (including phenoxy) is 3. The number of alkyl halides is 2. The van der Waals surface area contributed by atoms with Crippen molar-refractivity contribution in [1.82, 2.24) is 5.32 Å². The van der Waals surface area contributed by atoms with Crippen LogP contribution in [0.25, 0.3) is 6.08 Å². The van der Waals surface area contributed by atoms with E-state index in [2.05, 4.69) is 10.1 Å². The molecule has 0 aliphatic heterocycles. The third-order valence-corrected chi connectivity index (χ3v) is 3.84. The maximum atomic E-state index is 12.3. The first kappa shape index (κ1) is 21.5. The van der Waals surface area contributed by atoms with Crippen LogP contribution in [0, 0.1) is 0 Å². The van der Waals surface area contributed by atoms with Crippen LogP contribution in [0.1, 0.15) is 18.1 Å². The highest BCUT2D eigenvalue weighted by Gasteiger charge is 2.11. The van der Waals surface area contributed by atoms with Crippen molar-refractivity contribution in [2.75, 3.05) is 13.7 Å². The predicted octanol–water partition coefficient (Wildman–Crippen LogP) is 4.68. The molecule has 8 heteroatoms. The number of carbonyl (C=O) groups is 1. The molecule has 0 bridgehead atoms. The van der Waals surface area contributed by atoms with E-state index in [0.717, 1.165) is 0 Å². The average Bonchev–Trinajstić information content (AvgIpc) is 2.66. The fourth-order valence-corrected chi connectivity index (χ4v) is 2.65. The van der Waals surface area contributed by atoms with E-state index in [9.17, 15) is 13.6 Å². The molecule has 0 radical (unpaired) electrons. The summed E-state index contributed by atoms with van der Waals surface area (Å²) in [7, 11) is 1.50. The standard InChI is InChI=1S/C20H20ClF2NO4/c1-3-27-19-16(21)10-13(11-17(19)26-2)7-8-18(25)24-12-14-5-4-6-15(9-14)28-20(22)23/h4-11,20H,3,12H2,1-2H3,(H,24,25)/b8-7+. The van der Waals surface area contributed by atoms with Crippen LogP contribution in [0.15, 0.2) is 42.5 Å². The number of rotatable bonds is 9. The molecule has 0 aliphatic rings. The highest BCUT2D eigenvalue weighted by atomic mass is 35.5. The summed E-state index contributed by atoms with van der Waals surface area (Å²) in [6.07, 6.45) is 2.92. The van der Waals surface area contributed by atoms with Gasteiger partial charge in [0.05, 0.1) is 18.7 Å². The second kappa shape index (κ2) is 10.5. The molecule has 0 saturated carbocycles. The molecular weight excluding hydrogens is 392 g/mol. The molecule has 0 aromatic heterocycles. The second-order valence-corrected chi connectivity index (χ2v) is 5.95. The van der Waals surface area contributed by atoms with E-state index in [1.807, 2.05) is 6.92 Å². The fraction of sp³-hybridized carbons (Fsp3) is 0.250. The molecule has 0 spiro atoms. The van der Waals surface area contributed by atoms with Crippen molar-refractivity contribution in [3.63, 3.8) is 0 Å². The van der Waals surface area contributed by atoms with Crippen LogP contribution in [0.4, 0.5) is 8.78 Å². The molecule has 2 aromatic rings. The smallest absolute Gasteiger partial charge is 0.387 e. The first-order chi connectivity index (χ1) is 13.4. The van der Waals surface area contributed by atoms with Crippen LogP contribution in [0.5, 0.6) is 17.2 Å². The van der Waals surface area contributed by atoms with Gasteiger partial charge in [0.15, 0.2) is 11.5 Å². The van der Waals surface area contributed by atoms with Gasteiger partial charge in [0.2, 0.25) is 5.91 Å². The van der Waals surface area contributed by atoms with E-state index in [1.54, 1.807) is 30.3 Å². The van der Waals surface area contributed by atoms with E-state index in [-0.39, 0.29) is 18.2 Å². The highest BCUT2D eigenvalue weighted by molar-refractivity contribution is 6.32. The number of halogens is 3. The summed E-state index contributed by atoms with van der Waals surface area (Å²) in [5, 5.41) is 3.04. The summed E-state index contributed by atoms with van der Waals surface area (Å²) < 4.78 is 39.5. The van der Waals surface area contributed by atoms with Crippen LogP contribution in [0.3, 0.4) is 0 Å². The highest BCUT2D eigenvalue weighted by Crippen LogP contribution is 2.36. The lowest BCUT2D eigenvalue weighted by molar-refractivity contribution is -0.116. The van der Waals surface area contributed by atoms with Crippen molar-refractivity contribution in [2.24, 2.45) is 0 Å². The molecule has 1 amide bonds. The van der Waals surface area contributed by atoms with E-state index in [1.165, 1.54) is 25.3 Å². The van der Waals surface area contributed by atoms with Gasteiger partial charge in [-0.2, -0.15) is 8.78 Å². The van der Waals surface area contributed by atoms with Crippen molar-refractivity contribution in [1.29, 1.82) is 0 Å². The van der Waals surface area contributed by atoms with Crippen molar-refractivity contribution < 1.29 is 27.8 Å². The van der Waals surface area contributed by atoms with Gasteiger partial charge in [-0.05, 0) is 48.4 Å². The molecule has 2 aromatic carbocycles. The Hall–Kier alpha value is -2.80. The third-order valence-electron chi connectivity index (χ3n) is 3.56. The number of benzene rings is 2. The summed E-state index contributed by atoms with van der Waals surface area (Å²) in [5.41, 5.74) is 1.29. The molecule has 0 atom stereocenters. The number of carbonyl (C=O) groups excluding carboxylic acids is 1. The Kier molecular flexibility index (Phi) is 8.07. The minimum absolute atomic E-state index is 0.0356. The maximum Gasteiger partial charge on any atom is 0.387 e. The fourth-order valence-electron chi connectivity index (χ4n) is 2.37. The minimum atomic E-state index is -2.90. The zero-order chi connectivity index (χ0) is 20.5. The summed E-state index contributed by atoms with van der Waals surface area (Å²) >= 11 is 6.19. The number of methoxy groups -OCH3 is 1. The van der Waals surface area contributed by atoms with Crippen molar-refractivity contribution in [3.05, 3.63) is 58.6 Å². The van der Waals surface area contributed by atoms with Crippen molar-refractivity contribution in [3.8, 4) is 17.2 Å². The monoisotopic (exact) mass is 411 g/mol. The minimum Gasteiger partial charge on any atom is -0.493 e. The lowest BCUT2D eigenvalue weighted by Gasteiger charge is -2.11. The molecule has 0 heterocycles. The average molecular weight is 412 g/mol. The van der Waals surface area contributed by atoms with Crippen LogP contribution in [0.2, 0.25) is 5.02 Å². The molecule has 0 fully saturated rings. The first-order valence-electron chi connectivity index (χ1n) is 8.43. The summed E-state index contributed by atoms with van der Waals surface area (Å²) in [4.78, 5) is 12.0. The first-order valence-corrected chi connectivity index (χ1v) is 8.80. The topological polar surface area (TPSA) is 56.8 Å². The molecule has 0 unspecified atom stereocenters. The molecule has 5 nitrogen and oxygen atoms in total. The van der Waals surface area contributed by atoms with Gasteiger partial charge in [-0.25, -0.2) is 0 Å². The molecule has 1 N–H and O–H groups in total. The zero-order valence-corrected chi connectivity index (χ0v) is 16.1. The molecule has 28 heavy (non-hydrogen) atoms. The normalized spacial score (nSPS) is 10.9. The molecular formula is C20H20ClF2NO4. The maximum absolute atomic E-state index is 12.3. The van der Waals surface area contributed by atoms with E-state index < -0.39 is 6.61 Å². The van der Waals surface area contributed by atoms with Crippen LogP contribution < -0.4 is 19.5 Å². The van der Waals surface area contributed by atoms with E-state index >= 15 is 0 Å². The molecule has 2 rings (SSSR count). The molecule has 150 valence electrons. The van der Waals surface area contributed by atoms with Gasteiger partial charge in [-0.15, -0.1) is 0 Å². The van der Waals surface area contributed by atoms with Crippen LogP contribution in [-0.4, -0.2) is 26.2 Å². The number of nitrogens with one attached hydrogen (secondary N) is 1. The van der Waals surface area contributed by atoms with Gasteiger partial charge in [-0.3, -0.25) is 4.79 Å². The van der Waals surface area contributed by atoms with Gasteiger partial charge in [0, 0.05) is 12.6 Å². The quantitative estimate of drug-likeness (QED) is 0.609. The number of hydrogen-bond acceptors (Lipinski definition) is 4. The third kappa shape index (κ3) is 6.42. The summed E-state index contributed by atoms with van der Waals surface area (Å²) in [6, 6.07) is 9.48. The second-order valence-electron chi connectivity index (χ2n) is 5.54.